The molecule has 1 fully saturated rings. The van der Waals surface area contributed by atoms with E-state index in [9.17, 15) is 9.59 Å². The predicted octanol–water partition coefficient (Wildman–Crippen LogP) is 1.24. The average Bonchev–Trinajstić information content (AvgIpc) is 2.37. The van der Waals surface area contributed by atoms with Crippen LogP contribution in [0.1, 0.15) is 32.6 Å². The number of hydrogen-bond acceptors (Lipinski definition) is 3. The zero-order valence-corrected chi connectivity index (χ0v) is 11.5. The van der Waals surface area contributed by atoms with Crippen molar-refractivity contribution in [3.8, 4) is 0 Å². The first-order valence-corrected chi connectivity index (χ1v) is 6.82. The summed E-state index contributed by atoms with van der Waals surface area (Å²) in [4.78, 5) is 24.6. The van der Waals surface area contributed by atoms with Crippen molar-refractivity contribution in [1.29, 1.82) is 0 Å². The number of carbonyl (C=O) groups excluding carboxylic acids is 1. The summed E-state index contributed by atoms with van der Waals surface area (Å²) in [5.74, 6) is -0.486. The van der Waals surface area contributed by atoms with E-state index in [2.05, 4.69) is 6.58 Å². The Hall–Kier alpha value is -1.36. The molecule has 0 aromatic carbocycles. The van der Waals surface area contributed by atoms with E-state index in [0.717, 1.165) is 19.4 Å². The summed E-state index contributed by atoms with van der Waals surface area (Å²) < 4.78 is 0. The molecule has 1 saturated heterocycles. The van der Waals surface area contributed by atoms with Crippen molar-refractivity contribution in [1.82, 2.24) is 4.90 Å². The third-order valence-corrected chi connectivity index (χ3v) is 3.81. The highest BCUT2D eigenvalue weighted by Gasteiger charge is 2.29. The fourth-order valence-corrected chi connectivity index (χ4v) is 2.63. The monoisotopic (exact) mass is 268 g/mol. The molecule has 1 aliphatic heterocycles. The van der Waals surface area contributed by atoms with E-state index in [4.69, 9.17) is 10.8 Å². The van der Waals surface area contributed by atoms with Gasteiger partial charge in [0.15, 0.2) is 0 Å². The van der Waals surface area contributed by atoms with Gasteiger partial charge in [-0.25, -0.2) is 0 Å². The van der Waals surface area contributed by atoms with Gasteiger partial charge in [-0.2, -0.15) is 0 Å². The van der Waals surface area contributed by atoms with Gasteiger partial charge in [-0.05, 0) is 31.1 Å². The number of hydrogen-bond donors (Lipinski definition) is 2. The van der Waals surface area contributed by atoms with Gasteiger partial charge in [-0.1, -0.05) is 13.0 Å². The Balaban J connectivity index is 2.56. The lowest BCUT2D eigenvalue weighted by Gasteiger charge is -2.36. The zero-order valence-electron chi connectivity index (χ0n) is 11.5. The summed E-state index contributed by atoms with van der Waals surface area (Å²) in [5, 5.41) is 8.84. The quantitative estimate of drug-likeness (QED) is 0.710. The maximum atomic E-state index is 12.1. The number of piperidine rings is 1. The fraction of sp³-hybridized carbons (Fsp3) is 0.714. The van der Waals surface area contributed by atoms with Crippen LogP contribution >= 0.6 is 0 Å². The maximum Gasteiger partial charge on any atom is 0.303 e. The third kappa shape index (κ3) is 4.67. The molecule has 0 saturated carbocycles. The molecule has 108 valence electrons. The Kier molecular flexibility index (Phi) is 6.02. The number of carbonyl (C=O) groups is 2. The number of carboxylic acids is 1. The maximum absolute atomic E-state index is 12.1. The lowest BCUT2D eigenvalue weighted by atomic mass is 9.84. The second-order valence-electron chi connectivity index (χ2n) is 5.39. The number of rotatable bonds is 6. The van der Waals surface area contributed by atoms with Crippen molar-refractivity contribution in [2.75, 3.05) is 13.1 Å². The molecule has 1 amide bonds. The van der Waals surface area contributed by atoms with Gasteiger partial charge in [0.1, 0.15) is 0 Å². The second-order valence-corrected chi connectivity index (χ2v) is 5.39. The highest BCUT2D eigenvalue weighted by atomic mass is 16.4. The standard InChI is InChI=1S/C14H24N2O3/c1-3-5-12(15)14(19)16-7-4-6-11(9-16)10(2)8-13(17)18/h3,10-12H,1,4-9,15H2,2H3,(H,17,18). The average molecular weight is 268 g/mol. The first kappa shape index (κ1) is 15.7. The molecule has 0 radical (unpaired) electrons. The molecule has 1 heterocycles. The molecule has 5 heteroatoms. The van der Waals surface area contributed by atoms with Gasteiger partial charge in [-0.15, -0.1) is 6.58 Å². The zero-order chi connectivity index (χ0) is 14.4. The van der Waals surface area contributed by atoms with Crippen molar-refractivity contribution >= 4 is 11.9 Å². The molecular formula is C14H24N2O3. The number of amides is 1. The van der Waals surface area contributed by atoms with Gasteiger partial charge in [0.2, 0.25) is 5.91 Å². The highest BCUT2D eigenvalue weighted by molar-refractivity contribution is 5.81. The van der Waals surface area contributed by atoms with Gasteiger partial charge >= 0.3 is 5.97 Å². The van der Waals surface area contributed by atoms with E-state index in [1.165, 1.54) is 0 Å². The summed E-state index contributed by atoms with van der Waals surface area (Å²) in [6.45, 7) is 6.87. The van der Waals surface area contributed by atoms with Crippen molar-refractivity contribution in [2.45, 2.75) is 38.6 Å². The van der Waals surface area contributed by atoms with Crippen molar-refractivity contribution in [3.05, 3.63) is 12.7 Å². The number of likely N-dealkylation sites (tertiary alicyclic amines) is 1. The van der Waals surface area contributed by atoms with Gasteiger partial charge < -0.3 is 15.7 Å². The number of aliphatic carboxylic acids is 1. The van der Waals surface area contributed by atoms with E-state index in [1.807, 2.05) is 6.92 Å². The van der Waals surface area contributed by atoms with E-state index in [1.54, 1.807) is 11.0 Å². The number of nitrogens with zero attached hydrogens (tertiary/aromatic N) is 1. The number of nitrogens with two attached hydrogens (primary N) is 1. The van der Waals surface area contributed by atoms with E-state index in [0.29, 0.717) is 13.0 Å². The lowest BCUT2D eigenvalue weighted by molar-refractivity contribution is -0.138. The molecule has 0 spiro atoms. The minimum absolute atomic E-state index is 0.0490. The molecule has 19 heavy (non-hydrogen) atoms. The molecule has 0 aliphatic carbocycles. The Morgan fingerprint density at radius 3 is 2.84 bits per heavy atom. The van der Waals surface area contributed by atoms with Crippen LogP contribution in [0, 0.1) is 11.8 Å². The topological polar surface area (TPSA) is 83.6 Å². The largest absolute Gasteiger partial charge is 0.481 e. The summed E-state index contributed by atoms with van der Waals surface area (Å²) in [5.41, 5.74) is 5.80. The SMILES string of the molecule is C=CCC(N)C(=O)N1CCCC(C(C)CC(=O)O)C1. The Morgan fingerprint density at radius 1 is 1.58 bits per heavy atom. The predicted molar refractivity (Wildman–Crippen MR) is 73.5 cm³/mol. The Morgan fingerprint density at radius 2 is 2.26 bits per heavy atom. The molecule has 3 atom stereocenters. The summed E-state index contributed by atoms with van der Waals surface area (Å²) in [7, 11) is 0. The molecule has 3 N–H and O–H groups in total. The molecule has 1 rings (SSSR count). The minimum atomic E-state index is -0.778. The van der Waals surface area contributed by atoms with E-state index >= 15 is 0 Å². The van der Waals surface area contributed by atoms with Crippen LogP contribution in [-0.2, 0) is 9.59 Å². The van der Waals surface area contributed by atoms with Crippen molar-refractivity contribution in [2.24, 2.45) is 17.6 Å². The molecule has 5 nitrogen and oxygen atoms in total. The summed E-state index contributed by atoms with van der Waals surface area (Å²) in [6, 6.07) is -0.522. The second kappa shape index (κ2) is 7.28. The lowest BCUT2D eigenvalue weighted by Crippen LogP contribution is -2.48. The van der Waals surface area contributed by atoms with Crippen LogP contribution < -0.4 is 5.73 Å². The molecule has 0 aromatic heterocycles. The van der Waals surface area contributed by atoms with Crippen LogP contribution in [0.25, 0.3) is 0 Å². The van der Waals surface area contributed by atoms with Crippen LogP contribution in [-0.4, -0.2) is 41.0 Å². The van der Waals surface area contributed by atoms with E-state index in [-0.39, 0.29) is 24.2 Å². The molecule has 3 unspecified atom stereocenters. The Labute approximate surface area is 114 Å². The van der Waals surface area contributed by atoms with Crippen LogP contribution in [0.15, 0.2) is 12.7 Å². The van der Waals surface area contributed by atoms with Gasteiger partial charge in [-0.3, -0.25) is 9.59 Å². The Bertz CT molecular complexity index is 344. The smallest absolute Gasteiger partial charge is 0.303 e. The normalized spacial score (nSPS) is 22.6. The third-order valence-electron chi connectivity index (χ3n) is 3.81. The van der Waals surface area contributed by atoms with Crippen LogP contribution in [0.2, 0.25) is 0 Å². The number of carboxylic acid groups (broad SMARTS) is 1. The first-order chi connectivity index (χ1) is 8.95. The van der Waals surface area contributed by atoms with Gasteiger partial charge in [0.05, 0.1) is 6.04 Å². The van der Waals surface area contributed by atoms with Gasteiger partial charge in [0.25, 0.3) is 0 Å². The van der Waals surface area contributed by atoms with Crippen molar-refractivity contribution in [3.63, 3.8) is 0 Å². The van der Waals surface area contributed by atoms with Crippen LogP contribution in [0.3, 0.4) is 0 Å². The molecule has 1 aliphatic rings. The summed E-state index contributed by atoms with van der Waals surface area (Å²) in [6.07, 6.45) is 4.18. The van der Waals surface area contributed by atoms with Crippen molar-refractivity contribution < 1.29 is 14.7 Å². The van der Waals surface area contributed by atoms with E-state index < -0.39 is 12.0 Å². The fourth-order valence-electron chi connectivity index (χ4n) is 2.63. The molecule has 0 bridgehead atoms. The highest BCUT2D eigenvalue weighted by Crippen LogP contribution is 2.26. The van der Waals surface area contributed by atoms with Crippen LogP contribution in [0.5, 0.6) is 0 Å². The first-order valence-electron chi connectivity index (χ1n) is 6.82. The molecular weight excluding hydrogens is 244 g/mol. The van der Waals surface area contributed by atoms with Gasteiger partial charge in [0, 0.05) is 19.5 Å². The van der Waals surface area contributed by atoms with Crippen LogP contribution in [0.4, 0.5) is 0 Å². The summed E-state index contributed by atoms with van der Waals surface area (Å²) >= 11 is 0. The minimum Gasteiger partial charge on any atom is -0.481 e. The molecule has 0 aromatic rings.